The van der Waals surface area contributed by atoms with Crippen molar-refractivity contribution in [2.24, 2.45) is 0 Å². The van der Waals surface area contributed by atoms with Crippen molar-refractivity contribution < 1.29 is 9.59 Å². The molecule has 0 aliphatic heterocycles. The summed E-state index contributed by atoms with van der Waals surface area (Å²) >= 11 is 0. The number of rotatable bonds is 6. The molecule has 3 N–H and O–H groups in total. The van der Waals surface area contributed by atoms with E-state index in [2.05, 4.69) is 22.9 Å². The highest BCUT2D eigenvalue weighted by Crippen LogP contribution is 2.31. The molecule has 0 aromatic heterocycles. The van der Waals surface area contributed by atoms with Crippen LogP contribution in [0.5, 0.6) is 0 Å². The molecule has 3 rings (SSSR count). The fourth-order valence-corrected chi connectivity index (χ4v) is 3.55. The van der Waals surface area contributed by atoms with Crippen molar-refractivity contribution in [3.05, 3.63) is 65.7 Å². The normalized spacial score (nSPS) is 15.1. The van der Waals surface area contributed by atoms with Crippen molar-refractivity contribution in [2.75, 3.05) is 5.32 Å². The van der Waals surface area contributed by atoms with Crippen molar-refractivity contribution in [1.29, 1.82) is 0 Å². The Balaban J connectivity index is 1.63. The first kappa shape index (κ1) is 19.0. The van der Waals surface area contributed by atoms with E-state index in [9.17, 15) is 9.59 Å². The molecule has 0 saturated heterocycles. The highest BCUT2D eigenvalue weighted by Gasteiger charge is 2.42. The Morgan fingerprint density at radius 1 is 0.963 bits per heavy atom. The lowest BCUT2D eigenvalue weighted by atomic mass is 9.96. The van der Waals surface area contributed by atoms with E-state index in [-0.39, 0.29) is 11.9 Å². The first-order valence-corrected chi connectivity index (χ1v) is 9.62. The molecule has 5 heteroatoms. The lowest BCUT2D eigenvalue weighted by molar-refractivity contribution is -0.121. The standard InChI is InChI=1S/C22H27N3O2/c1-2-17-11-8-12-19(15-17)24-20(26)22(13-6-7-14-22)25-21(27)23-16-18-9-4-3-5-10-18/h3-5,8-12,15H,2,6-7,13-14,16H2,1H3,(H,24,26)(H2,23,25,27). The number of aryl methyl sites for hydroxylation is 1. The van der Waals surface area contributed by atoms with Crippen LogP contribution in [-0.2, 0) is 17.8 Å². The first-order valence-electron chi connectivity index (χ1n) is 9.62. The van der Waals surface area contributed by atoms with Crippen LogP contribution in [0, 0.1) is 0 Å². The Labute approximate surface area is 160 Å². The fourth-order valence-electron chi connectivity index (χ4n) is 3.55. The topological polar surface area (TPSA) is 70.2 Å². The van der Waals surface area contributed by atoms with E-state index in [0.717, 1.165) is 30.5 Å². The summed E-state index contributed by atoms with van der Waals surface area (Å²) < 4.78 is 0. The third-order valence-corrected chi connectivity index (χ3v) is 5.13. The third-order valence-electron chi connectivity index (χ3n) is 5.13. The van der Waals surface area contributed by atoms with Gasteiger partial charge in [-0.3, -0.25) is 4.79 Å². The van der Waals surface area contributed by atoms with Crippen molar-refractivity contribution in [3.8, 4) is 0 Å². The Bertz CT molecular complexity index is 783. The van der Waals surface area contributed by atoms with Crippen LogP contribution in [0.4, 0.5) is 10.5 Å². The quantitative estimate of drug-likeness (QED) is 0.724. The number of carbonyl (C=O) groups is 2. The fraction of sp³-hybridized carbons (Fsp3) is 0.364. The van der Waals surface area contributed by atoms with Gasteiger partial charge in [0.2, 0.25) is 5.91 Å². The smallest absolute Gasteiger partial charge is 0.315 e. The van der Waals surface area contributed by atoms with E-state index < -0.39 is 5.54 Å². The largest absolute Gasteiger partial charge is 0.334 e. The summed E-state index contributed by atoms with van der Waals surface area (Å²) in [4.78, 5) is 25.4. The Morgan fingerprint density at radius 3 is 2.37 bits per heavy atom. The molecule has 27 heavy (non-hydrogen) atoms. The van der Waals surface area contributed by atoms with Gasteiger partial charge in [-0.05, 0) is 42.5 Å². The highest BCUT2D eigenvalue weighted by molar-refractivity contribution is 6.00. The molecule has 142 valence electrons. The van der Waals surface area contributed by atoms with Gasteiger partial charge in [-0.1, -0.05) is 62.2 Å². The number of carbonyl (C=O) groups excluding carboxylic acids is 2. The summed E-state index contributed by atoms with van der Waals surface area (Å²) in [6.07, 6.45) is 4.09. The lowest BCUT2D eigenvalue weighted by Crippen LogP contribution is -2.57. The number of nitrogens with one attached hydrogen (secondary N) is 3. The summed E-state index contributed by atoms with van der Waals surface area (Å²) in [5.74, 6) is -0.136. The van der Waals surface area contributed by atoms with Crippen LogP contribution < -0.4 is 16.0 Å². The van der Waals surface area contributed by atoms with Gasteiger partial charge in [0.25, 0.3) is 0 Å². The van der Waals surface area contributed by atoms with Gasteiger partial charge in [-0.15, -0.1) is 0 Å². The highest BCUT2D eigenvalue weighted by atomic mass is 16.2. The van der Waals surface area contributed by atoms with E-state index >= 15 is 0 Å². The maximum atomic E-state index is 13.0. The van der Waals surface area contributed by atoms with Crippen LogP contribution >= 0.6 is 0 Å². The summed E-state index contributed by atoms with van der Waals surface area (Å²) in [6, 6.07) is 17.3. The van der Waals surface area contributed by atoms with Gasteiger partial charge in [0, 0.05) is 12.2 Å². The SMILES string of the molecule is CCc1cccc(NC(=O)C2(NC(=O)NCc3ccccc3)CCCC2)c1. The second kappa shape index (κ2) is 8.71. The van der Waals surface area contributed by atoms with Gasteiger partial charge in [-0.2, -0.15) is 0 Å². The average molecular weight is 365 g/mol. The molecule has 0 heterocycles. The van der Waals surface area contributed by atoms with Crippen LogP contribution in [0.2, 0.25) is 0 Å². The maximum Gasteiger partial charge on any atom is 0.315 e. The summed E-state index contributed by atoms with van der Waals surface area (Å²) in [5, 5.41) is 8.80. The zero-order chi connectivity index (χ0) is 19.1. The van der Waals surface area contributed by atoms with Gasteiger partial charge in [0.15, 0.2) is 0 Å². The predicted molar refractivity (Wildman–Crippen MR) is 107 cm³/mol. The predicted octanol–water partition coefficient (Wildman–Crippen LogP) is 4.00. The molecule has 0 bridgehead atoms. The summed E-state index contributed by atoms with van der Waals surface area (Å²) in [7, 11) is 0. The number of amides is 3. The van der Waals surface area contributed by atoms with Gasteiger partial charge < -0.3 is 16.0 Å². The van der Waals surface area contributed by atoms with Crippen molar-refractivity contribution in [2.45, 2.75) is 51.1 Å². The van der Waals surface area contributed by atoms with E-state index in [4.69, 9.17) is 0 Å². The number of urea groups is 1. The maximum absolute atomic E-state index is 13.0. The van der Waals surface area contributed by atoms with Gasteiger partial charge in [-0.25, -0.2) is 4.79 Å². The molecule has 0 spiro atoms. The number of hydrogen-bond donors (Lipinski definition) is 3. The minimum Gasteiger partial charge on any atom is -0.334 e. The molecule has 1 aliphatic rings. The van der Waals surface area contributed by atoms with Gasteiger partial charge >= 0.3 is 6.03 Å². The zero-order valence-electron chi connectivity index (χ0n) is 15.8. The Morgan fingerprint density at radius 2 is 1.67 bits per heavy atom. The molecule has 0 unspecified atom stereocenters. The summed E-state index contributed by atoms with van der Waals surface area (Å²) in [6.45, 7) is 2.51. The van der Waals surface area contributed by atoms with Gasteiger partial charge in [0.05, 0.1) is 0 Å². The van der Waals surface area contributed by atoms with E-state index in [1.54, 1.807) is 0 Å². The Kier molecular flexibility index (Phi) is 6.12. The molecular weight excluding hydrogens is 338 g/mol. The molecule has 0 radical (unpaired) electrons. The van der Waals surface area contributed by atoms with Gasteiger partial charge in [0.1, 0.15) is 5.54 Å². The van der Waals surface area contributed by atoms with Crippen molar-refractivity contribution >= 4 is 17.6 Å². The molecule has 5 nitrogen and oxygen atoms in total. The van der Waals surface area contributed by atoms with E-state index in [1.807, 2.05) is 54.6 Å². The lowest BCUT2D eigenvalue weighted by Gasteiger charge is -2.29. The molecular formula is C22H27N3O2. The summed E-state index contributed by atoms with van der Waals surface area (Å²) in [5.41, 5.74) is 2.12. The number of hydrogen-bond acceptors (Lipinski definition) is 2. The molecule has 1 fully saturated rings. The zero-order valence-corrected chi connectivity index (χ0v) is 15.8. The minimum atomic E-state index is -0.844. The third kappa shape index (κ3) is 4.88. The second-order valence-corrected chi connectivity index (χ2v) is 7.09. The van der Waals surface area contributed by atoms with Crippen LogP contribution in [0.3, 0.4) is 0 Å². The molecule has 1 saturated carbocycles. The van der Waals surface area contributed by atoms with Crippen molar-refractivity contribution in [1.82, 2.24) is 10.6 Å². The van der Waals surface area contributed by atoms with Crippen molar-refractivity contribution in [3.63, 3.8) is 0 Å². The minimum absolute atomic E-state index is 0.136. The van der Waals surface area contributed by atoms with Crippen LogP contribution in [0.25, 0.3) is 0 Å². The average Bonchev–Trinajstić information content (AvgIpc) is 3.17. The monoisotopic (exact) mass is 365 g/mol. The van der Waals surface area contributed by atoms with Crippen LogP contribution in [0.15, 0.2) is 54.6 Å². The van der Waals surface area contributed by atoms with Crippen LogP contribution in [0.1, 0.15) is 43.7 Å². The number of benzene rings is 2. The second-order valence-electron chi connectivity index (χ2n) is 7.09. The van der Waals surface area contributed by atoms with E-state index in [0.29, 0.717) is 19.4 Å². The van der Waals surface area contributed by atoms with E-state index in [1.165, 1.54) is 5.56 Å². The first-order chi connectivity index (χ1) is 13.1. The molecule has 2 aromatic carbocycles. The molecule has 1 aliphatic carbocycles. The number of anilines is 1. The Hall–Kier alpha value is -2.82. The molecule has 2 aromatic rings. The molecule has 3 amide bonds. The van der Waals surface area contributed by atoms with Crippen LogP contribution in [-0.4, -0.2) is 17.5 Å². The molecule has 0 atom stereocenters.